The maximum Gasteiger partial charge on any atom is 0.289 e. The van der Waals surface area contributed by atoms with Crippen molar-refractivity contribution in [3.63, 3.8) is 0 Å². The van der Waals surface area contributed by atoms with E-state index in [9.17, 15) is 4.79 Å². The number of furan rings is 1. The van der Waals surface area contributed by atoms with Gasteiger partial charge in [-0.15, -0.1) is 0 Å². The summed E-state index contributed by atoms with van der Waals surface area (Å²) in [6, 6.07) is 2.33. The van der Waals surface area contributed by atoms with E-state index >= 15 is 0 Å². The maximum absolute atomic E-state index is 12.7. The molecule has 1 aromatic rings. The average molecular weight is 322 g/mol. The largest absolute Gasteiger partial charge is 0.456 e. The number of amides is 1. The normalized spacial score (nSPS) is 24.0. The highest BCUT2D eigenvalue weighted by Crippen LogP contribution is 2.30. The molecule has 2 unspecified atom stereocenters. The van der Waals surface area contributed by atoms with Crippen molar-refractivity contribution >= 4 is 17.7 Å². The second-order valence-electron chi connectivity index (χ2n) is 6.37. The van der Waals surface area contributed by atoms with Crippen molar-refractivity contribution in [2.45, 2.75) is 44.9 Å². The third kappa shape index (κ3) is 3.20. The first-order valence-corrected chi connectivity index (χ1v) is 9.55. The van der Waals surface area contributed by atoms with Gasteiger partial charge >= 0.3 is 0 Å². The summed E-state index contributed by atoms with van der Waals surface area (Å²) >= 11 is 1.92. The number of carbonyl (C=O) groups excluding carboxylic acids is 1. The average Bonchev–Trinajstić information content (AvgIpc) is 3.18. The Bertz CT molecular complexity index is 529. The fourth-order valence-electron chi connectivity index (χ4n) is 3.44. The van der Waals surface area contributed by atoms with Crippen molar-refractivity contribution in [2.24, 2.45) is 5.92 Å². The van der Waals surface area contributed by atoms with Crippen LogP contribution in [-0.2, 0) is 5.75 Å². The van der Waals surface area contributed by atoms with Crippen molar-refractivity contribution < 1.29 is 9.21 Å². The second kappa shape index (κ2) is 7.09. The number of aryl methyl sites for hydroxylation is 1. The van der Waals surface area contributed by atoms with Crippen LogP contribution in [0.15, 0.2) is 10.5 Å². The van der Waals surface area contributed by atoms with E-state index in [0.717, 1.165) is 37.6 Å². The van der Waals surface area contributed by atoms with Crippen molar-refractivity contribution in [3.05, 3.63) is 23.2 Å². The van der Waals surface area contributed by atoms with Gasteiger partial charge in [0.25, 0.3) is 5.91 Å². The summed E-state index contributed by atoms with van der Waals surface area (Å²) in [6.45, 7) is 7.02. The molecular formula is C17H26N2O2S. The van der Waals surface area contributed by atoms with Crippen molar-refractivity contribution in [2.75, 3.05) is 25.4 Å². The summed E-state index contributed by atoms with van der Waals surface area (Å²) < 4.78 is 5.77. The lowest BCUT2D eigenvalue weighted by molar-refractivity contribution is 0.0703. The lowest BCUT2D eigenvalue weighted by Crippen LogP contribution is -2.38. The number of nitrogens with one attached hydrogen (secondary N) is 1. The molecule has 0 aliphatic carbocycles. The zero-order valence-electron chi connectivity index (χ0n) is 13.6. The van der Waals surface area contributed by atoms with Crippen LogP contribution < -0.4 is 5.32 Å². The Morgan fingerprint density at radius 3 is 3.18 bits per heavy atom. The Morgan fingerprint density at radius 1 is 1.50 bits per heavy atom. The topological polar surface area (TPSA) is 45.5 Å². The van der Waals surface area contributed by atoms with E-state index in [1.807, 2.05) is 29.7 Å². The number of thioether (sulfide) groups is 1. The Labute approximate surface area is 137 Å². The Kier molecular flexibility index (Phi) is 5.14. The molecule has 2 aliphatic heterocycles. The van der Waals surface area contributed by atoms with Gasteiger partial charge in [-0.05, 0) is 37.5 Å². The van der Waals surface area contributed by atoms with Crippen molar-refractivity contribution in [1.82, 2.24) is 10.2 Å². The monoisotopic (exact) mass is 322 g/mol. The molecule has 0 spiro atoms. The van der Waals surface area contributed by atoms with Gasteiger partial charge in [0.1, 0.15) is 5.76 Å². The number of hydrogen-bond acceptors (Lipinski definition) is 4. The predicted molar refractivity (Wildman–Crippen MR) is 90.3 cm³/mol. The van der Waals surface area contributed by atoms with Crippen LogP contribution >= 0.6 is 11.8 Å². The summed E-state index contributed by atoms with van der Waals surface area (Å²) in [5.41, 5.74) is 1.17. The Hall–Kier alpha value is -0.940. The quantitative estimate of drug-likeness (QED) is 0.818. The predicted octanol–water partition coefficient (Wildman–Crippen LogP) is 3.06. The van der Waals surface area contributed by atoms with Crippen LogP contribution in [0.1, 0.15) is 48.1 Å². The van der Waals surface area contributed by atoms with Crippen LogP contribution in [0.5, 0.6) is 0 Å². The molecule has 2 saturated heterocycles. The standard InChI is InChI=1S/C17H26N2O2S/c1-3-4-7-22-11-14-8-16(21-12(14)2)17(20)19-6-5-13-9-18-10-15(13)19/h8,13,15,18H,3-7,9-11H2,1-2H3. The highest BCUT2D eigenvalue weighted by atomic mass is 32.2. The van der Waals surface area contributed by atoms with E-state index < -0.39 is 0 Å². The van der Waals surface area contributed by atoms with Crippen LogP contribution in [0.3, 0.4) is 0 Å². The molecule has 3 heterocycles. The number of fused-ring (bicyclic) bond motifs is 1. The third-order valence-electron chi connectivity index (χ3n) is 4.84. The number of carbonyl (C=O) groups is 1. The number of likely N-dealkylation sites (tertiary alicyclic amines) is 1. The summed E-state index contributed by atoms with van der Waals surface area (Å²) in [5, 5.41) is 3.39. The summed E-state index contributed by atoms with van der Waals surface area (Å²) in [6.07, 6.45) is 3.59. The molecule has 1 amide bonds. The molecule has 2 atom stereocenters. The summed E-state index contributed by atoms with van der Waals surface area (Å²) in [4.78, 5) is 14.7. The summed E-state index contributed by atoms with van der Waals surface area (Å²) in [5.74, 6) is 4.24. The first-order valence-electron chi connectivity index (χ1n) is 8.39. The van der Waals surface area contributed by atoms with Gasteiger partial charge in [-0.3, -0.25) is 4.79 Å². The fourth-order valence-corrected chi connectivity index (χ4v) is 4.58. The number of hydrogen-bond donors (Lipinski definition) is 1. The Balaban J connectivity index is 1.63. The lowest BCUT2D eigenvalue weighted by Gasteiger charge is -2.22. The minimum Gasteiger partial charge on any atom is -0.456 e. The van der Waals surface area contributed by atoms with Crippen LogP contribution in [0.4, 0.5) is 0 Å². The van der Waals surface area contributed by atoms with E-state index in [1.54, 1.807) is 0 Å². The van der Waals surface area contributed by atoms with Gasteiger partial charge in [0.2, 0.25) is 0 Å². The molecule has 4 nitrogen and oxygen atoms in total. The molecule has 0 aromatic carbocycles. The first-order chi connectivity index (χ1) is 10.7. The smallest absolute Gasteiger partial charge is 0.289 e. The molecule has 2 aliphatic rings. The van der Waals surface area contributed by atoms with Gasteiger partial charge in [-0.2, -0.15) is 11.8 Å². The van der Waals surface area contributed by atoms with Gasteiger partial charge < -0.3 is 14.6 Å². The molecule has 3 rings (SSSR count). The van der Waals surface area contributed by atoms with Crippen LogP contribution in [0.2, 0.25) is 0 Å². The van der Waals surface area contributed by atoms with Gasteiger partial charge in [0.15, 0.2) is 5.76 Å². The number of nitrogens with zero attached hydrogens (tertiary/aromatic N) is 1. The van der Waals surface area contributed by atoms with Crippen LogP contribution in [-0.4, -0.2) is 42.2 Å². The molecule has 5 heteroatoms. The van der Waals surface area contributed by atoms with Gasteiger partial charge in [0, 0.05) is 37.0 Å². The number of unbranched alkanes of at least 4 members (excludes halogenated alkanes) is 1. The minimum atomic E-state index is 0.0732. The molecule has 0 bridgehead atoms. The zero-order valence-corrected chi connectivity index (χ0v) is 14.4. The van der Waals surface area contributed by atoms with E-state index in [2.05, 4.69) is 12.2 Å². The van der Waals surface area contributed by atoms with Gasteiger partial charge in [-0.1, -0.05) is 13.3 Å². The second-order valence-corrected chi connectivity index (χ2v) is 7.48. The van der Waals surface area contributed by atoms with E-state index in [0.29, 0.717) is 17.7 Å². The summed E-state index contributed by atoms with van der Waals surface area (Å²) in [7, 11) is 0. The maximum atomic E-state index is 12.7. The Morgan fingerprint density at radius 2 is 2.36 bits per heavy atom. The molecule has 122 valence electrons. The molecular weight excluding hydrogens is 296 g/mol. The van der Waals surface area contributed by atoms with Gasteiger partial charge in [0.05, 0.1) is 0 Å². The van der Waals surface area contributed by atoms with Crippen molar-refractivity contribution in [3.8, 4) is 0 Å². The zero-order chi connectivity index (χ0) is 15.5. The SMILES string of the molecule is CCCCSCc1cc(C(=O)N2CCC3CNCC32)oc1C. The highest BCUT2D eigenvalue weighted by molar-refractivity contribution is 7.98. The van der Waals surface area contributed by atoms with Crippen LogP contribution in [0.25, 0.3) is 0 Å². The van der Waals surface area contributed by atoms with E-state index in [4.69, 9.17) is 4.42 Å². The van der Waals surface area contributed by atoms with E-state index in [-0.39, 0.29) is 5.91 Å². The van der Waals surface area contributed by atoms with E-state index in [1.165, 1.54) is 24.2 Å². The first kappa shape index (κ1) is 15.9. The minimum absolute atomic E-state index is 0.0732. The fraction of sp³-hybridized carbons (Fsp3) is 0.706. The molecule has 2 fully saturated rings. The highest BCUT2D eigenvalue weighted by Gasteiger charge is 2.40. The van der Waals surface area contributed by atoms with Gasteiger partial charge in [-0.25, -0.2) is 0 Å². The van der Waals surface area contributed by atoms with Crippen LogP contribution in [0, 0.1) is 12.8 Å². The number of rotatable bonds is 6. The van der Waals surface area contributed by atoms with Crippen molar-refractivity contribution in [1.29, 1.82) is 0 Å². The molecule has 1 aromatic heterocycles. The molecule has 0 radical (unpaired) electrons. The third-order valence-corrected chi connectivity index (χ3v) is 5.93. The molecule has 1 N–H and O–H groups in total. The lowest BCUT2D eigenvalue weighted by atomic mass is 10.1. The molecule has 22 heavy (non-hydrogen) atoms. The molecule has 0 saturated carbocycles.